The molecule has 238 valence electrons. The van der Waals surface area contributed by atoms with Gasteiger partial charge in [-0.1, -0.05) is 91.0 Å². The van der Waals surface area contributed by atoms with E-state index < -0.39 is 41.7 Å². The maximum absolute atomic E-state index is 10.7. The third kappa shape index (κ3) is 5.48. The molecule has 4 N–H and O–H groups in total. The second-order valence-corrected chi connectivity index (χ2v) is 12.4. The molecule has 9 nitrogen and oxygen atoms in total. The van der Waals surface area contributed by atoms with E-state index in [2.05, 4.69) is 36.4 Å². The topological polar surface area (TPSA) is 119 Å². The Morgan fingerprint density at radius 2 is 1.51 bits per heavy atom. The number of aliphatic hydroxyl groups is 1. The van der Waals surface area contributed by atoms with Crippen LogP contribution < -0.4 is 5.73 Å². The van der Waals surface area contributed by atoms with Crippen molar-refractivity contribution >= 4 is 6.21 Å². The molecule has 6 rings (SSSR count). The van der Waals surface area contributed by atoms with Crippen molar-refractivity contribution in [3.63, 3.8) is 0 Å². The van der Waals surface area contributed by atoms with E-state index in [-0.39, 0.29) is 12.5 Å². The van der Waals surface area contributed by atoms with Gasteiger partial charge >= 0.3 is 0 Å². The van der Waals surface area contributed by atoms with Crippen LogP contribution in [0.1, 0.15) is 44.4 Å². The first-order valence-corrected chi connectivity index (χ1v) is 15.5. The number of nitrogens with zero attached hydrogens (tertiary/aromatic N) is 1. The molecule has 3 aliphatic heterocycles. The standard InChI is InChI=1S/C36H43N3O6/c1-5-41-33(40)39-22-27(30(38)28(39)21-37)31-32-35(4,45-34(2,3)44-32)29(43-31)23-42-36(24-15-9-6-10-16-24,25-17-11-7-12-18-25)26-19-13-8-14-20-26/h6-21,27,29,31-33,37,40H,5,22-23,38H2,1-4H3/t27?,29?,31?,32-,33?,35+/m0/s1. The van der Waals surface area contributed by atoms with Gasteiger partial charge in [-0.3, -0.25) is 0 Å². The summed E-state index contributed by atoms with van der Waals surface area (Å²) in [4.78, 5) is 1.59. The van der Waals surface area contributed by atoms with Crippen LogP contribution in [-0.4, -0.2) is 72.1 Å². The molecule has 3 aromatic carbocycles. The van der Waals surface area contributed by atoms with Crippen molar-refractivity contribution in [1.82, 2.24) is 4.90 Å². The molecule has 45 heavy (non-hydrogen) atoms. The Labute approximate surface area is 265 Å². The number of ether oxygens (including phenoxy) is 5. The monoisotopic (exact) mass is 613 g/mol. The van der Waals surface area contributed by atoms with Gasteiger partial charge in [0.15, 0.2) is 5.79 Å². The van der Waals surface area contributed by atoms with Gasteiger partial charge in [-0.2, -0.15) is 0 Å². The average Bonchev–Trinajstić information content (AvgIpc) is 3.61. The van der Waals surface area contributed by atoms with Gasteiger partial charge in [0.25, 0.3) is 0 Å². The highest BCUT2D eigenvalue weighted by molar-refractivity contribution is 5.77. The number of hydrogen-bond acceptors (Lipinski definition) is 9. The molecule has 9 heteroatoms. The van der Waals surface area contributed by atoms with Crippen LogP contribution in [0.25, 0.3) is 0 Å². The molecule has 6 atom stereocenters. The Morgan fingerprint density at radius 3 is 2.00 bits per heavy atom. The summed E-state index contributed by atoms with van der Waals surface area (Å²) in [7, 11) is 0. The van der Waals surface area contributed by atoms with E-state index in [1.807, 2.05) is 75.4 Å². The molecule has 4 unspecified atom stereocenters. The van der Waals surface area contributed by atoms with Crippen molar-refractivity contribution in [1.29, 1.82) is 5.41 Å². The van der Waals surface area contributed by atoms with Gasteiger partial charge in [0.05, 0.1) is 18.4 Å². The van der Waals surface area contributed by atoms with Gasteiger partial charge in [-0.25, -0.2) is 0 Å². The van der Waals surface area contributed by atoms with E-state index >= 15 is 0 Å². The van der Waals surface area contributed by atoms with Crippen LogP contribution in [0.4, 0.5) is 0 Å². The van der Waals surface area contributed by atoms with E-state index in [4.69, 9.17) is 34.8 Å². The zero-order valence-electron chi connectivity index (χ0n) is 26.3. The lowest BCUT2D eigenvalue weighted by atomic mass is 9.80. The van der Waals surface area contributed by atoms with Crippen molar-refractivity contribution in [3.8, 4) is 0 Å². The van der Waals surface area contributed by atoms with Gasteiger partial charge in [0.2, 0.25) is 6.41 Å². The summed E-state index contributed by atoms with van der Waals surface area (Å²) < 4.78 is 32.6. The molecule has 0 aliphatic carbocycles. The first-order valence-electron chi connectivity index (χ1n) is 15.5. The summed E-state index contributed by atoms with van der Waals surface area (Å²) in [6.07, 6.45) is -1.63. The molecule has 3 heterocycles. The minimum atomic E-state index is -1.23. The predicted molar refractivity (Wildman–Crippen MR) is 170 cm³/mol. The van der Waals surface area contributed by atoms with Crippen LogP contribution in [0.5, 0.6) is 0 Å². The largest absolute Gasteiger partial charge is 0.400 e. The van der Waals surface area contributed by atoms with Crippen LogP contribution in [0.2, 0.25) is 0 Å². The Balaban J connectivity index is 1.38. The zero-order valence-corrected chi connectivity index (χ0v) is 26.3. The lowest BCUT2D eigenvalue weighted by Crippen LogP contribution is -2.48. The summed E-state index contributed by atoms with van der Waals surface area (Å²) >= 11 is 0. The second kappa shape index (κ2) is 12.3. The number of rotatable bonds is 11. The second-order valence-electron chi connectivity index (χ2n) is 12.4. The molecule has 3 aromatic rings. The number of benzene rings is 3. The first-order chi connectivity index (χ1) is 21.6. The SMILES string of the molecule is CCOC(O)N1CC(C2OC(COC(c3ccccc3)(c3ccccc3)c3ccccc3)[C@@]3(C)OC(C)(C)O[C@@H]23)C(N)=C1C=N. The van der Waals surface area contributed by atoms with E-state index in [9.17, 15) is 5.11 Å². The fourth-order valence-corrected chi connectivity index (χ4v) is 7.21. The average molecular weight is 614 g/mol. The zero-order chi connectivity index (χ0) is 31.8. The smallest absolute Gasteiger partial charge is 0.238 e. The molecule has 0 spiro atoms. The lowest BCUT2D eigenvalue weighted by molar-refractivity contribution is -0.217. The van der Waals surface area contributed by atoms with Crippen LogP contribution in [0.15, 0.2) is 102 Å². The molecule has 0 bridgehead atoms. The van der Waals surface area contributed by atoms with Crippen LogP contribution in [0, 0.1) is 11.3 Å². The molecular formula is C36H43N3O6. The van der Waals surface area contributed by atoms with Gasteiger partial charge in [0.1, 0.15) is 23.4 Å². The van der Waals surface area contributed by atoms with Gasteiger partial charge < -0.3 is 44.8 Å². The van der Waals surface area contributed by atoms with E-state index in [1.165, 1.54) is 0 Å². The van der Waals surface area contributed by atoms with Gasteiger partial charge in [-0.15, -0.1) is 0 Å². The summed E-state index contributed by atoms with van der Waals surface area (Å²) in [5.41, 5.74) is 8.66. The fraction of sp³-hybridized carbons (Fsp3) is 0.417. The predicted octanol–water partition coefficient (Wildman–Crippen LogP) is 4.74. The Morgan fingerprint density at radius 1 is 0.978 bits per heavy atom. The van der Waals surface area contributed by atoms with Crippen molar-refractivity contribution in [2.75, 3.05) is 19.8 Å². The number of nitrogens with one attached hydrogen (secondary N) is 1. The van der Waals surface area contributed by atoms with E-state index in [0.29, 0.717) is 24.5 Å². The van der Waals surface area contributed by atoms with Crippen molar-refractivity contribution in [3.05, 3.63) is 119 Å². The number of aliphatic hydroxyl groups excluding tert-OH is 1. The quantitative estimate of drug-likeness (QED) is 0.161. The summed E-state index contributed by atoms with van der Waals surface area (Å²) in [6.45, 7) is 8.40. The minimum absolute atomic E-state index is 0.181. The number of nitrogens with two attached hydrogens (primary N) is 1. The third-order valence-corrected chi connectivity index (χ3v) is 9.21. The molecule has 0 radical (unpaired) electrons. The summed E-state index contributed by atoms with van der Waals surface area (Å²) in [6, 6.07) is 30.6. The molecule has 0 amide bonds. The summed E-state index contributed by atoms with van der Waals surface area (Å²) in [5.74, 6) is -1.26. The normalized spacial score (nSPS) is 28.3. The van der Waals surface area contributed by atoms with Crippen LogP contribution >= 0.6 is 0 Å². The highest BCUT2D eigenvalue weighted by Gasteiger charge is 2.66. The number of allylic oxidation sites excluding steroid dienone is 1. The number of fused-ring (bicyclic) bond motifs is 1. The number of hydrogen-bond donors (Lipinski definition) is 3. The van der Waals surface area contributed by atoms with Crippen molar-refractivity contribution < 1.29 is 28.8 Å². The maximum Gasteiger partial charge on any atom is 0.238 e. The maximum atomic E-state index is 10.7. The molecule has 3 aliphatic rings. The Kier molecular flexibility index (Phi) is 8.60. The van der Waals surface area contributed by atoms with E-state index in [1.54, 1.807) is 11.8 Å². The third-order valence-electron chi connectivity index (χ3n) is 9.21. The summed E-state index contributed by atoms with van der Waals surface area (Å²) in [5, 5.41) is 18.7. The highest BCUT2D eigenvalue weighted by atomic mass is 16.8. The highest BCUT2D eigenvalue weighted by Crippen LogP contribution is 2.51. The van der Waals surface area contributed by atoms with Crippen molar-refractivity contribution in [2.24, 2.45) is 11.7 Å². The van der Waals surface area contributed by atoms with Gasteiger partial charge in [0, 0.05) is 31.0 Å². The molecule has 2 saturated heterocycles. The Bertz CT molecular complexity index is 1400. The first kappa shape index (κ1) is 31.4. The van der Waals surface area contributed by atoms with Crippen molar-refractivity contribution in [2.45, 2.75) is 69.4 Å². The van der Waals surface area contributed by atoms with E-state index in [0.717, 1.165) is 22.9 Å². The van der Waals surface area contributed by atoms with Crippen LogP contribution in [-0.2, 0) is 29.3 Å². The molecule has 2 fully saturated rings. The van der Waals surface area contributed by atoms with Gasteiger partial charge in [-0.05, 0) is 44.4 Å². The molecule has 0 saturated carbocycles. The molecule has 0 aromatic heterocycles. The fourth-order valence-electron chi connectivity index (χ4n) is 7.21. The van der Waals surface area contributed by atoms with Crippen LogP contribution in [0.3, 0.4) is 0 Å². The minimum Gasteiger partial charge on any atom is -0.400 e. The Hall–Kier alpha value is -3.57. The molecular weight excluding hydrogens is 570 g/mol. The lowest BCUT2D eigenvalue weighted by Gasteiger charge is -2.38.